The smallest absolute Gasteiger partial charge is 0.257 e. The minimum atomic E-state index is -0.209. The van der Waals surface area contributed by atoms with Gasteiger partial charge in [-0.05, 0) is 36.4 Å². The second-order valence-electron chi connectivity index (χ2n) is 5.48. The maximum Gasteiger partial charge on any atom is 0.257 e. The summed E-state index contributed by atoms with van der Waals surface area (Å²) in [6.45, 7) is 0. The van der Waals surface area contributed by atoms with Crippen molar-refractivity contribution in [3.05, 3.63) is 90.9 Å². The van der Waals surface area contributed by atoms with Gasteiger partial charge in [-0.15, -0.1) is 0 Å². The van der Waals surface area contributed by atoms with Crippen LogP contribution in [0.4, 0.5) is 5.69 Å². The highest BCUT2D eigenvalue weighted by Gasteiger charge is 2.11. The van der Waals surface area contributed by atoms with Crippen LogP contribution in [0.15, 0.2) is 85.3 Å². The van der Waals surface area contributed by atoms with Crippen molar-refractivity contribution in [2.45, 2.75) is 0 Å². The summed E-state index contributed by atoms with van der Waals surface area (Å²) in [5, 5.41) is 2.91. The lowest BCUT2D eigenvalue weighted by Crippen LogP contribution is -2.13. The number of para-hydroxylation sites is 3. The molecule has 0 spiro atoms. The number of ether oxygens (including phenoxy) is 1. The van der Waals surface area contributed by atoms with E-state index in [0.29, 0.717) is 22.7 Å². The third kappa shape index (κ3) is 3.21. The van der Waals surface area contributed by atoms with Crippen LogP contribution in [0.2, 0.25) is 0 Å². The summed E-state index contributed by atoms with van der Waals surface area (Å²) in [7, 11) is 0. The van der Waals surface area contributed by atoms with E-state index < -0.39 is 0 Å². The molecule has 4 rings (SSSR count). The standard InChI is InChI=1S/C20H15N3O2/c24-20(15-10-11-19-21-12-13-23(19)14-15)22-17-8-4-5-9-18(17)25-16-6-2-1-3-7-16/h1-14H,(H,22,24). The zero-order valence-electron chi connectivity index (χ0n) is 13.3. The quantitative estimate of drug-likeness (QED) is 0.604. The van der Waals surface area contributed by atoms with Gasteiger partial charge in [-0.2, -0.15) is 0 Å². The Bertz CT molecular complexity index is 1030. The van der Waals surface area contributed by atoms with Crippen LogP contribution < -0.4 is 10.1 Å². The molecule has 0 bridgehead atoms. The van der Waals surface area contributed by atoms with Crippen LogP contribution in [-0.2, 0) is 0 Å². The van der Waals surface area contributed by atoms with E-state index in [-0.39, 0.29) is 5.91 Å². The fourth-order valence-corrected chi connectivity index (χ4v) is 2.52. The molecule has 1 amide bonds. The first-order valence-corrected chi connectivity index (χ1v) is 7.85. The largest absolute Gasteiger partial charge is 0.455 e. The Labute approximate surface area is 144 Å². The van der Waals surface area contributed by atoms with Crippen LogP contribution >= 0.6 is 0 Å². The van der Waals surface area contributed by atoms with Crippen LogP contribution in [0.25, 0.3) is 5.65 Å². The van der Waals surface area contributed by atoms with Gasteiger partial charge in [-0.1, -0.05) is 30.3 Å². The van der Waals surface area contributed by atoms with E-state index in [1.165, 1.54) is 0 Å². The summed E-state index contributed by atoms with van der Waals surface area (Å²) in [4.78, 5) is 16.8. The molecule has 0 saturated carbocycles. The number of rotatable bonds is 4. The molecule has 0 unspecified atom stereocenters. The highest BCUT2D eigenvalue weighted by Crippen LogP contribution is 2.29. The van der Waals surface area contributed by atoms with E-state index in [2.05, 4.69) is 10.3 Å². The molecule has 2 aromatic heterocycles. The van der Waals surface area contributed by atoms with E-state index >= 15 is 0 Å². The normalized spacial score (nSPS) is 10.6. The number of carbonyl (C=O) groups excluding carboxylic acids is 1. The maximum atomic E-state index is 12.6. The topological polar surface area (TPSA) is 55.6 Å². The van der Waals surface area contributed by atoms with E-state index in [0.717, 1.165) is 5.65 Å². The number of nitrogens with zero attached hydrogens (tertiary/aromatic N) is 2. The fourth-order valence-electron chi connectivity index (χ4n) is 2.52. The molecular formula is C20H15N3O2. The number of imidazole rings is 1. The highest BCUT2D eigenvalue weighted by molar-refractivity contribution is 6.05. The molecule has 5 nitrogen and oxygen atoms in total. The Morgan fingerprint density at radius 2 is 1.76 bits per heavy atom. The van der Waals surface area contributed by atoms with Gasteiger partial charge < -0.3 is 14.5 Å². The van der Waals surface area contributed by atoms with Crippen LogP contribution in [0.5, 0.6) is 11.5 Å². The van der Waals surface area contributed by atoms with Gasteiger partial charge in [-0.25, -0.2) is 4.98 Å². The molecule has 0 aliphatic heterocycles. The van der Waals surface area contributed by atoms with Crippen molar-refractivity contribution >= 4 is 17.2 Å². The summed E-state index contributed by atoms with van der Waals surface area (Å²) >= 11 is 0. The molecule has 0 radical (unpaired) electrons. The van der Waals surface area contributed by atoms with Crippen LogP contribution in [0.1, 0.15) is 10.4 Å². The average molecular weight is 329 g/mol. The van der Waals surface area contributed by atoms with Crippen molar-refractivity contribution in [1.82, 2.24) is 9.38 Å². The van der Waals surface area contributed by atoms with E-state index in [9.17, 15) is 4.79 Å². The lowest BCUT2D eigenvalue weighted by Gasteiger charge is -2.12. The molecular weight excluding hydrogens is 314 g/mol. The lowest BCUT2D eigenvalue weighted by atomic mass is 10.2. The summed E-state index contributed by atoms with van der Waals surface area (Å²) in [6.07, 6.45) is 5.25. The Morgan fingerprint density at radius 1 is 0.960 bits per heavy atom. The highest BCUT2D eigenvalue weighted by atomic mass is 16.5. The Hall–Kier alpha value is -3.60. The molecule has 122 valence electrons. The van der Waals surface area contributed by atoms with Crippen molar-refractivity contribution in [3.8, 4) is 11.5 Å². The zero-order chi connectivity index (χ0) is 17.1. The van der Waals surface area contributed by atoms with E-state index in [1.807, 2.05) is 54.6 Å². The number of pyridine rings is 1. The van der Waals surface area contributed by atoms with Crippen molar-refractivity contribution in [1.29, 1.82) is 0 Å². The van der Waals surface area contributed by atoms with Gasteiger partial charge in [0.25, 0.3) is 5.91 Å². The van der Waals surface area contributed by atoms with E-state index in [4.69, 9.17) is 4.74 Å². The van der Waals surface area contributed by atoms with Crippen molar-refractivity contribution in [3.63, 3.8) is 0 Å². The predicted molar refractivity (Wildman–Crippen MR) is 96.1 cm³/mol. The van der Waals surface area contributed by atoms with Crippen molar-refractivity contribution < 1.29 is 9.53 Å². The lowest BCUT2D eigenvalue weighted by molar-refractivity contribution is 0.102. The molecule has 0 fully saturated rings. The number of carbonyl (C=O) groups is 1. The number of hydrogen-bond donors (Lipinski definition) is 1. The Kier molecular flexibility index (Phi) is 3.88. The third-order valence-corrected chi connectivity index (χ3v) is 3.76. The monoisotopic (exact) mass is 329 g/mol. The number of fused-ring (bicyclic) bond motifs is 1. The second kappa shape index (κ2) is 6.49. The first-order chi connectivity index (χ1) is 12.3. The Balaban J connectivity index is 1.58. The summed E-state index contributed by atoms with van der Waals surface area (Å²) in [6, 6.07) is 20.4. The molecule has 4 aromatic rings. The van der Waals surface area contributed by atoms with Crippen LogP contribution in [-0.4, -0.2) is 15.3 Å². The molecule has 0 saturated heterocycles. The average Bonchev–Trinajstić information content (AvgIpc) is 3.12. The number of anilines is 1. The molecule has 5 heteroatoms. The van der Waals surface area contributed by atoms with Crippen LogP contribution in [0, 0.1) is 0 Å². The van der Waals surface area contributed by atoms with Crippen molar-refractivity contribution in [2.24, 2.45) is 0 Å². The van der Waals surface area contributed by atoms with E-state index in [1.54, 1.807) is 35.1 Å². The van der Waals surface area contributed by atoms with Gasteiger partial charge in [0, 0.05) is 18.6 Å². The summed E-state index contributed by atoms with van der Waals surface area (Å²) in [5.41, 5.74) is 1.95. The molecule has 1 N–H and O–H groups in total. The predicted octanol–water partition coefficient (Wildman–Crippen LogP) is 4.38. The second-order valence-corrected chi connectivity index (χ2v) is 5.48. The summed E-state index contributed by atoms with van der Waals surface area (Å²) in [5.74, 6) is 1.09. The first-order valence-electron chi connectivity index (χ1n) is 7.85. The molecule has 0 atom stereocenters. The van der Waals surface area contributed by atoms with Gasteiger partial charge in [-0.3, -0.25) is 4.79 Å². The SMILES string of the molecule is O=C(Nc1ccccc1Oc1ccccc1)c1ccc2nccn2c1. The van der Waals surface area contributed by atoms with Crippen molar-refractivity contribution in [2.75, 3.05) is 5.32 Å². The first kappa shape index (κ1) is 15.0. The molecule has 25 heavy (non-hydrogen) atoms. The molecule has 2 aromatic carbocycles. The molecule has 0 aliphatic carbocycles. The number of nitrogens with one attached hydrogen (secondary N) is 1. The third-order valence-electron chi connectivity index (χ3n) is 3.76. The van der Waals surface area contributed by atoms with Gasteiger partial charge in [0.15, 0.2) is 5.75 Å². The van der Waals surface area contributed by atoms with Gasteiger partial charge in [0.2, 0.25) is 0 Å². The van der Waals surface area contributed by atoms with Gasteiger partial charge in [0.1, 0.15) is 11.4 Å². The number of hydrogen-bond acceptors (Lipinski definition) is 3. The minimum Gasteiger partial charge on any atom is -0.455 e. The van der Waals surface area contributed by atoms with Gasteiger partial charge in [0.05, 0.1) is 11.3 Å². The Morgan fingerprint density at radius 3 is 2.64 bits per heavy atom. The fraction of sp³-hybridized carbons (Fsp3) is 0. The zero-order valence-corrected chi connectivity index (χ0v) is 13.3. The molecule has 2 heterocycles. The maximum absolute atomic E-state index is 12.6. The number of benzene rings is 2. The minimum absolute atomic E-state index is 0.209. The summed E-state index contributed by atoms with van der Waals surface area (Å²) < 4.78 is 7.68. The van der Waals surface area contributed by atoms with Crippen LogP contribution in [0.3, 0.4) is 0 Å². The number of aromatic nitrogens is 2. The number of amides is 1. The van der Waals surface area contributed by atoms with Gasteiger partial charge >= 0.3 is 0 Å². The molecule has 0 aliphatic rings.